The third-order valence-electron chi connectivity index (χ3n) is 3.10. The first-order chi connectivity index (χ1) is 6.29. The Morgan fingerprint density at radius 1 is 1.38 bits per heavy atom. The molecule has 2 bridgehead atoms. The zero-order valence-electron chi connectivity index (χ0n) is 8.12. The molecule has 0 radical (unpaired) electrons. The molecule has 2 heterocycles. The van der Waals surface area contributed by atoms with E-state index in [4.69, 9.17) is 11.2 Å². The average Bonchev–Trinajstić information content (AvgIpc) is 2.54. The van der Waals surface area contributed by atoms with Crippen LogP contribution in [0.15, 0.2) is 0 Å². The van der Waals surface area contributed by atoms with Crippen molar-refractivity contribution in [2.75, 3.05) is 0 Å². The Labute approximate surface area is 80.0 Å². The van der Waals surface area contributed by atoms with Crippen molar-refractivity contribution in [3.8, 4) is 12.3 Å². The minimum Gasteiger partial charge on any atom is -0.373 e. The van der Waals surface area contributed by atoms with Crippen LogP contribution in [0.2, 0.25) is 0 Å². The van der Waals surface area contributed by atoms with Crippen LogP contribution in [0.3, 0.4) is 0 Å². The molecule has 0 aliphatic carbocycles. The van der Waals surface area contributed by atoms with E-state index in [-0.39, 0.29) is 6.04 Å². The van der Waals surface area contributed by atoms with Crippen molar-refractivity contribution in [3.63, 3.8) is 0 Å². The Bertz CT molecular complexity index is 221. The summed E-state index contributed by atoms with van der Waals surface area (Å²) in [6.45, 7) is 2.03. The smallest absolute Gasteiger partial charge is 0.0733 e. The van der Waals surface area contributed by atoms with Crippen LogP contribution in [-0.2, 0) is 4.74 Å². The van der Waals surface area contributed by atoms with Crippen LogP contribution in [0.1, 0.15) is 32.6 Å². The normalized spacial score (nSPS) is 39.8. The molecule has 4 unspecified atom stereocenters. The first-order valence-corrected chi connectivity index (χ1v) is 5.17. The largest absolute Gasteiger partial charge is 0.373 e. The predicted octanol–water partition coefficient (Wildman–Crippen LogP) is 1.31. The number of fused-ring (bicyclic) bond motifs is 2. The number of hydrogen-bond donors (Lipinski definition) is 1. The average molecular weight is 179 g/mol. The minimum atomic E-state index is 0.172. The van der Waals surface area contributed by atoms with E-state index < -0.39 is 0 Å². The zero-order valence-corrected chi connectivity index (χ0v) is 8.12. The maximum Gasteiger partial charge on any atom is 0.0733 e. The monoisotopic (exact) mass is 179 g/mol. The number of nitrogens with one attached hydrogen (secondary N) is 1. The van der Waals surface area contributed by atoms with Gasteiger partial charge in [-0.15, -0.1) is 6.42 Å². The molecule has 0 spiro atoms. The Kier molecular flexibility index (Phi) is 2.57. The highest BCUT2D eigenvalue weighted by Crippen LogP contribution is 2.32. The maximum atomic E-state index is 5.82. The fraction of sp³-hybridized carbons (Fsp3) is 0.818. The molecule has 0 aromatic heterocycles. The summed E-state index contributed by atoms with van der Waals surface area (Å²) >= 11 is 0. The van der Waals surface area contributed by atoms with Crippen LogP contribution in [0, 0.1) is 12.3 Å². The number of rotatable bonds is 2. The van der Waals surface area contributed by atoms with Crippen LogP contribution in [0.5, 0.6) is 0 Å². The van der Waals surface area contributed by atoms with Gasteiger partial charge < -0.3 is 4.74 Å². The Morgan fingerprint density at radius 3 is 2.92 bits per heavy atom. The van der Waals surface area contributed by atoms with Crippen molar-refractivity contribution in [1.82, 2.24) is 5.32 Å². The summed E-state index contributed by atoms with van der Waals surface area (Å²) in [6.07, 6.45) is 11.2. The van der Waals surface area contributed by atoms with Crippen molar-refractivity contribution in [2.24, 2.45) is 0 Å². The lowest BCUT2D eigenvalue weighted by Crippen LogP contribution is -2.46. The lowest BCUT2D eigenvalue weighted by molar-refractivity contribution is -0.0172. The Hall–Kier alpha value is -0.520. The molecule has 2 heteroatoms. The van der Waals surface area contributed by atoms with Gasteiger partial charge >= 0.3 is 0 Å². The second-order valence-corrected chi connectivity index (χ2v) is 4.11. The maximum absolute atomic E-state index is 5.82. The lowest BCUT2D eigenvalue weighted by atomic mass is 10.0. The van der Waals surface area contributed by atoms with Gasteiger partial charge in [0.25, 0.3) is 0 Å². The van der Waals surface area contributed by atoms with Gasteiger partial charge in [0.05, 0.1) is 18.2 Å². The van der Waals surface area contributed by atoms with Gasteiger partial charge in [0.1, 0.15) is 0 Å². The van der Waals surface area contributed by atoms with E-state index in [9.17, 15) is 0 Å². The van der Waals surface area contributed by atoms with Crippen LogP contribution >= 0.6 is 0 Å². The van der Waals surface area contributed by atoms with Gasteiger partial charge in [0.15, 0.2) is 0 Å². The molecule has 4 atom stereocenters. The van der Waals surface area contributed by atoms with Gasteiger partial charge in [-0.2, -0.15) is 0 Å². The molecular formula is C11H17NO. The molecule has 2 nitrogen and oxygen atoms in total. The molecule has 0 aromatic rings. The predicted molar refractivity (Wildman–Crippen MR) is 52.3 cm³/mol. The van der Waals surface area contributed by atoms with Gasteiger partial charge in [-0.3, -0.25) is 5.32 Å². The van der Waals surface area contributed by atoms with Gasteiger partial charge in [-0.1, -0.05) is 5.92 Å². The van der Waals surface area contributed by atoms with Crippen molar-refractivity contribution in [1.29, 1.82) is 0 Å². The summed E-state index contributed by atoms with van der Waals surface area (Å²) in [5.74, 6) is 2.70. The zero-order chi connectivity index (χ0) is 9.26. The van der Waals surface area contributed by atoms with E-state index >= 15 is 0 Å². The summed E-state index contributed by atoms with van der Waals surface area (Å²) in [4.78, 5) is 0. The highest BCUT2D eigenvalue weighted by Gasteiger charge is 2.36. The SMILES string of the molecule is C#CC(C)NC1CCC2CCC1O2. The summed E-state index contributed by atoms with van der Waals surface area (Å²) in [7, 11) is 0. The van der Waals surface area contributed by atoms with E-state index in [0.29, 0.717) is 18.2 Å². The molecule has 13 heavy (non-hydrogen) atoms. The van der Waals surface area contributed by atoms with E-state index in [1.165, 1.54) is 25.7 Å². The second-order valence-electron chi connectivity index (χ2n) is 4.11. The van der Waals surface area contributed by atoms with E-state index in [0.717, 1.165) is 0 Å². The highest BCUT2D eigenvalue weighted by atomic mass is 16.5. The molecule has 1 N–H and O–H groups in total. The minimum absolute atomic E-state index is 0.172. The Morgan fingerprint density at radius 2 is 2.15 bits per heavy atom. The molecule has 72 valence electrons. The van der Waals surface area contributed by atoms with Crippen LogP contribution in [0.4, 0.5) is 0 Å². The summed E-state index contributed by atoms with van der Waals surface area (Å²) in [6, 6.07) is 0.663. The third-order valence-corrected chi connectivity index (χ3v) is 3.10. The molecular weight excluding hydrogens is 162 g/mol. The van der Waals surface area contributed by atoms with E-state index in [1.807, 2.05) is 6.92 Å². The number of terminal acetylenes is 1. The quantitative estimate of drug-likeness (QED) is 0.645. The van der Waals surface area contributed by atoms with Crippen molar-refractivity contribution in [2.45, 2.75) is 56.9 Å². The summed E-state index contributed by atoms with van der Waals surface area (Å²) < 4.78 is 5.82. The molecule has 2 aliphatic heterocycles. The van der Waals surface area contributed by atoms with E-state index in [2.05, 4.69) is 11.2 Å². The van der Waals surface area contributed by atoms with Crippen molar-refractivity contribution >= 4 is 0 Å². The topological polar surface area (TPSA) is 21.3 Å². The van der Waals surface area contributed by atoms with Gasteiger partial charge in [0.2, 0.25) is 0 Å². The highest BCUT2D eigenvalue weighted by molar-refractivity contribution is 5.00. The van der Waals surface area contributed by atoms with Crippen LogP contribution < -0.4 is 5.32 Å². The fourth-order valence-corrected chi connectivity index (χ4v) is 2.35. The van der Waals surface area contributed by atoms with Gasteiger partial charge in [-0.05, 0) is 32.6 Å². The molecule has 0 saturated carbocycles. The second kappa shape index (κ2) is 3.69. The molecule has 2 rings (SSSR count). The van der Waals surface area contributed by atoms with Gasteiger partial charge in [-0.25, -0.2) is 0 Å². The molecule has 0 aromatic carbocycles. The van der Waals surface area contributed by atoms with Gasteiger partial charge in [0, 0.05) is 6.04 Å². The molecule has 2 saturated heterocycles. The Balaban J connectivity index is 1.89. The lowest BCUT2D eigenvalue weighted by Gasteiger charge is -2.31. The summed E-state index contributed by atoms with van der Waals surface area (Å²) in [5, 5.41) is 3.44. The van der Waals surface area contributed by atoms with Crippen LogP contribution in [0.25, 0.3) is 0 Å². The standard InChI is InChI=1S/C11H17NO/c1-3-8(2)12-10-6-4-9-5-7-11(10)13-9/h1,8-12H,4-7H2,2H3. The molecule has 2 aliphatic rings. The number of hydrogen-bond acceptors (Lipinski definition) is 2. The third kappa shape index (κ3) is 1.87. The van der Waals surface area contributed by atoms with E-state index in [1.54, 1.807) is 0 Å². The first kappa shape index (κ1) is 9.05. The number of ether oxygens (including phenoxy) is 1. The summed E-state index contributed by atoms with van der Waals surface area (Å²) in [5.41, 5.74) is 0. The molecule has 2 fully saturated rings. The first-order valence-electron chi connectivity index (χ1n) is 5.17. The van der Waals surface area contributed by atoms with Crippen molar-refractivity contribution in [3.05, 3.63) is 0 Å². The van der Waals surface area contributed by atoms with Crippen molar-refractivity contribution < 1.29 is 4.74 Å². The van der Waals surface area contributed by atoms with Crippen LogP contribution in [-0.4, -0.2) is 24.3 Å². The fourth-order valence-electron chi connectivity index (χ4n) is 2.35. The molecule has 0 amide bonds.